The number of fused-ring (bicyclic) bond motifs is 1. The number of aromatic nitrogens is 2. The van der Waals surface area contributed by atoms with Crippen molar-refractivity contribution in [2.75, 3.05) is 20.2 Å². The van der Waals surface area contributed by atoms with Crippen LogP contribution in [0.25, 0.3) is 11.0 Å². The fraction of sp³-hybridized carbons (Fsp3) is 0.444. The van der Waals surface area contributed by atoms with Crippen molar-refractivity contribution in [3.63, 3.8) is 0 Å². The number of rotatable bonds is 8. The summed E-state index contributed by atoms with van der Waals surface area (Å²) in [5, 5.41) is 0. The zero-order valence-corrected chi connectivity index (χ0v) is 19.2. The summed E-state index contributed by atoms with van der Waals surface area (Å²) in [6.45, 7) is 3.78. The molecule has 1 amide bonds. The van der Waals surface area contributed by atoms with E-state index in [9.17, 15) is 4.79 Å². The molecule has 1 fully saturated rings. The number of unbranched alkanes of at least 4 members (excludes halogenated alkanes) is 2. The molecule has 5 nitrogen and oxygen atoms in total. The largest absolute Gasteiger partial charge is 0.496 e. The molecule has 2 heterocycles. The molecular weight excluding hydrogens is 398 g/mol. The number of benzene rings is 2. The topological polar surface area (TPSA) is 55.3 Å². The number of piperidine rings is 1. The molecule has 0 spiro atoms. The number of nitrogens with zero attached hydrogens (tertiary/aromatic N) is 3. The molecule has 5 heteroatoms. The second kappa shape index (κ2) is 10.6. The van der Waals surface area contributed by atoms with E-state index in [1.165, 1.54) is 30.4 Å². The summed E-state index contributed by atoms with van der Waals surface area (Å²) in [5.41, 5.74) is 4.72. The summed E-state index contributed by atoms with van der Waals surface area (Å²) >= 11 is 0. The van der Waals surface area contributed by atoms with Crippen molar-refractivity contribution < 1.29 is 9.53 Å². The average molecular weight is 432 g/mol. The molecule has 0 radical (unpaired) electrons. The summed E-state index contributed by atoms with van der Waals surface area (Å²) in [7, 11) is 1.75. The highest BCUT2D eigenvalue weighted by atomic mass is 16.5. The number of hydrogen-bond acceptors (Lipinski definition) is 4. The zero-order valence-electron chi connectivity index (χ0n) is 19.2. The van der Waals surface area contributed by atoms with Crippen molar-refractivity contribution in [1.29, 1.82) is 0 Å². The number of likely N-dealkylation sites (tertiary alicyclic amines) is 1. The minimum atomic E-state index is -0.00985. The molecule has 0 bridgehead atoms. The predicted octanol–water partition coefficient (Wildman–Crippen LogP) is 5.47. The van der Waals surface area contributed by atoms with Gasteiger partial charge < -0.3 is 9.64 Å². The van der Waals surface area contributed by atoms with Crippen LogP contribution in [0.4, 0.5) is 0 Å². The maximum Gasteiger partial charge on any atom is 0.274 e. The number of carbonyl (C=O) groups is 1. The third-order valence-corrected chi connectivity index (χ3v) is 6.49. The molecule has 1 saturated heterocycles. The van der Waals surface area contributed by atoms with Crippen LogP contribution in [0.5, 0.6) is 5.75 Å². The molecular formula is C27H33N3O2. The Balaban J connectivity index is 1.35. The first-order valence-corrected chi connectivity index (χ1v) is 11.8. The van der Waals surface area contributed by atoms with E-state index >= 15 is 0 Å². The number of methoxy groups -OCH3 is 1. The smallest absolute Gasteiger partial charge is 0.274 e. The summed E-state index contributed by atoms with van der Waals surface area (Å²) in [5.74, 6) is 1.59. The van der Waals surface area contributed by atoms with Crippen LogP contribution in [-0.4, -0.2) is 41.0 Å². The van der Waals surface area contributed by atoms with E-state index in [-0.39, 0.29) is 5.91 Å². The van der Waals surface area contributed by atoms with Gasteiger partial charge in [-0.3, -0.25) is 9.78 Å². The van der Waals surface area contributed by atoms with E-state index in [0.717, 1.165) is 55.6 Å². The Kier molecular flexibility index (Phi) is 7.35. The molecule has 3 aromatic rings. The molecule has 0 aliphatic carbocycles. The van der Waals surface area contributed by atoms with Crippen molar-refractivity contribution >= 4 is 16.9 Å². The van der Waals surface area contributed by atoms with Crippen LogP contribution in [0.2, 0.25) is 0 Å². The lowest BCUT2D eigenvalue weighted by Gasteiger charge is -2.32. The van der Waals surface area contributed by atoms with E-state index in [0.29, 0.717) is 11.6 Å². The van der Waals surface area contributed by atoms with Crippen molar-refractivity contribution in [3.8, 4) is 5.75 Å². The van der Waals surface area contributed by atoms with Gasteiger partial charge in [0.2, 0.25) is 0 Å². The Morgan fingerprint density at radius 2 is 1.88 bits per heavy atom. The van der Waals surface area contributed by atoms with E-state index < -0.39 is 0 Å². The summed E-state index contributed by atoms with van der Waals surface area (Å²) in [6, 6.07) is 14.3. The quantitative estimate of drug-likeness (QED) is 0.444. The van der Waals surface area contributed by atoms with Gasteiger partial charge in [-0.2, -0.15) is 0 Å². The van der Waals surface area contributed by atoms with Gasteiger partial charge in [0, 0.05) is 13.1 Å². The normalized spacial score (nSPS) is 14.6. The second-order valence-electron chi connectivity index (χ2n) is 8.79. The van der Waals surface area contributed by atoms with Gasteiger partial charge in [0.1, 0.15) is 11.4 Å². The van der Waals surface area contributed by atoms with Crippen LogP contribution in [0.1, 0.15) is 60.6 Å². The van der Waals surface area contributed by atoms with E-state index in [1.807, 2.05) is 29.2 Å². The SMILES string of the molecule is CCCCCc1cc(CC2CCN(C(=O)c3cnc4ccccc4n3)CC2)ccc1OC. The number of carbonyl (C=O) groups excluding carboxylic acids is 1. The van der Waals surface area contributed by atoms with Crippen LogP contribution < -0.4 is 4.74 Å². The van der Waals surface area contributed by atoms with Gasteiger partial charge in [-0.25, -0.2) is 4.98 Å². The van der Waals surface area contributed by atoms with Gasteiger partial charge in [-0.1, -0.05) is 44.0 Å². The van der Waals surface area contributed by atoms with Gasteiger partial charge >= 0.3 is 0 Å². The first kappa shape index (κ1) is 22.3. The molecule has 0 unspecified atom stereocenters. The highest BCUT2D eigenvalue weighted by Crippen LogP contribution is 2.27. The minimum Gasteiger partial charge on any atom is -0.496 e. The van der Waals surface area contributed by atoms with Crippen LogP contribution in [-0.2, 0) is 12.8 Å². The zero-order chi connectivity index (χ0) is 22.3. The van der Waals surface area contributed by atoms with Gasteiger partial charge in [-0.05, 0) is 67.3 Å². The molecule has 0 atom stereocenters. The highest BCUT2D eigenvalue weighted by molar-refractivity contribution is 5.93. The van der Waals surface area contributed by atoms with Crippen LogP contribution in [0.15, 0.2) is 48.7 Å². The lowest BCUT2D eigenvalue weighted by molar-refractivity contribution is 0.0684. The number of ether oxygens (including phenoxy) is 1. The fourth-order valence-corrected chi connectivity index (χ4v) is 4.62. The molecule has 0 saturated carbocycles. The maximum absolute atomic E-state index is 13.0. The van der Waals surface area contributed by atoms with Crippen molar-refractivity contribution in [2.45, 2.75) is 51.9 Å². The van der Waals surface area contributed by atoms with Crippen LogP contribution in [0.3, 0.4) is 0 Å². The lowest BCUT2D eigenvalue weighted by Crippen LogP contribution is -2.39. The third kappa shape index (κ3) is 5.26. The van der Waals surface area contributed by atoms with Crippen molar-refractivity contribution in [3.05, 3.63) is 65.5 Å². The monoisotopic (exact) mass is 431 g/mol. The molecule has 4 rings (SSSR count). The molecule has 168 valence electrons. The standard InChI is InChI=1S/C27H33N3O2/c1-3-4-5-8-22-18-21(11-12-26(22)32-2)17-20-13-15-30(16-14-20)27(31)25-19-28-23-9-6-7-10-24(23)29-25/h6-7,9-12,18-20H,3-5,8,13-17H2,1-2H3. The van der Waals surface area contributed by atoms with Crippen LogP contribution >= 0.6 is 0 Å². The molecule has 2 aromatic carbocycles. The average Bonchev–Trinajstić information content (AvgIpc) is 2.84. The molecule has 32 heavy (non-hydrogen) atoms. The Morgan fingerprint density at radius 1 is 1.09 bits per heavy atom. The van der Waals surface area contributed by atoms with E-state index in [2.05, 4.69) is 35.1 Å². The van der Waals surface area contributed by atoms with Crippen LogP contribution in [0, 0.1) is 5.92 Å². The molecule has 1 aliphatic heterocycles. The lowest BCUT2D eigenvalue weighted by atomic mass is 9.89. The second-order valence-corrected chi connectivity index (χ2v) is 8.79. The predicted molar refractivity (Wildman–Crippen MR) is 128 cm³/mol. The number of para-hydroxylation sites is 2. The Labute approximate surface area is 190 Å². The molecule has 1 aromatic heterocycles. The summed E-state index contributed by atoms with van der Waals surface area (Å²) < 4.78 is 5.58. The Hall–Kier alpha value is -2.95. The summed E-state index contributed by atoms with van der Waals surface area (Å²) in [6.07, 6.45) is 9.45. The Morgan fingerprint density at radius 3 is 2.62 bits per heavy atom. The van der Waals surface area contributed by atoms with E-state index in [1.54, 1.807) is 13.3 Å². The van der Waals surface area contributed by atoms with Crippen molar-refractivity contribution in [2.24, 2.45) is 5.92 Å². The van der Waals surface area contributed by atoms with Gasteiger partial charge in [-0.15, -0.1) is 0 Å². The van der Waals surface area contributed by atoms with E-state index in [4.69, 9.17) is 4.74 Å². The van der Waals surface area contributed by atoms with Crippen molar-refractivity contribution in [1.82, 2.24) is 14.9 Å². The van der Waals surface area contributed by atoms with Gasteiger partial charge in [0.25, 0.3) is 5.91 Å². The van der Waals surface area contributed by atoms with Gasteiger partial charge in [0.15, 0.2) is 0 Å². The number of amides is 1. The molecule has 0 N–H and O–H groups in total. The highest BCUT2D eigenvalue weighted by Gasteiger charge is 2.25. The first-order chi connectivity index (χ1) is 15.7. The first-order valence-electron chi connectivity index (χ1n) is 11.8. The third-order valence-electron chi connectivity index (χ3n) is 6.49. The Bertz CT molecular complexity index is 1060. The van der Waals surface area contributed by atoms with Gasteiger partial charge in [0.05, 0.1) is 24.3 Å². The number of aryl methyl sites for hydroxylation is 1. The molecule has 1 aliphatic rings. The number of hydrogen-bond donors (Lipinski definition) is 0. The fourth-order valence-electron chi connectivity index (χ4n) is 4.62. The maximum atomic E-state index is 13.0. The minimum absolute atomic E-state index is 0.00985. The summed E-state index contributed by atoms with van der Waals surface area (Å²) in [4.78, 5) is 23.8.